The zero-order valence-electron chi connectivity index (χ0n) is 7.57. The zero-order chi connectivity index (χ0) is 9.97. The van der Waals surface area contributed by atoms with Gasteiger partial charge in [0.2, 0.25) is 0 Å². The molecule has 0 saturated carbocycles. The van der Waals surface area contributed by atoms with Gasteiger partial charge in [-0.25, -0.2) is 0 Å². The average Bonchev–Trinajstić information content (AvgIpc) is 2.27. The second kappa shape index (κ2) is 3.31. The molecule has 0 fully saturated rings. The van der Waals surface area contributed by atoms with Crippen LogP contribution in [0.2, 0.25) is 0 Å². The maximum atomic E-state index is 8.94. The van der Waals surface area contributed by atoms with Gasteiger partial charge < -0.3 is 0 Å². The van der Waals surface area contributed by atoms with Gasteiger partial charge in [-0.2, -0.15) is 5.26 Å². The van der Waals surface area contributed by atoms with E-state index in [-0.39, 0.29) is 0 Å². The molecule has 0 bridgehead atoms. The first kappa shape index (κ1) is 8.46. The van der Waals surface area contributed by atoms with Gasteiger partial charge in [0.15, 0.2) is 0 Å². The minimum Gasteiger partial charge on any atom is -0.264 e. The minimum absolute atomic E-state index is 0.644. The Hall–Kier alpha value is -2.14. The Bertz CT molecular complexity index is 530. The molecular weight excluding hydrogens is 172 g/mol. The molecule has 0 aliphatic rings. The average molecular weight is 180 g/mol. The summed E-state index contributed by atoms with van der Waals surface area (Å²) in [6.45, 7) is 3.50. The number of hydrogen-bond acceptors (Lipinski definition) is 2. The van der Waals surface area contributed by atoms with Crippen LogP contribution in [0.4, 0.5) is 5.69 Å². The van der Waals surface area contributed by atoms with Crippen molar-refractivity contribution in [3.8, 4) is 6.07 Å². The highest BCUT2D eigenvalue weighted by atomic mass is 14.7. The quantitative estimate of drug-likeness (QED) is 0.621. The first-order valence-corrected chi connectivity index (χ1v) is 4.25. The predicted molar refractivity (Wildman–Crippen MR) is 57.9 cm³/mol. The van der Waals surface area contributed by atoms with E-state index in [1.54, 1.807) is 6.07 Å². The second-order valence-corrected chi connectivity index (χ2v) is 2.95. The molecule has 66 valence electrons. The predicted octanol–water partition coefficient (Wildman–Crippen LogP) is 3.04. The van der Waals surface area contributed by atoms with E-state index in [0.717, 1.165) is 16.5 Å². The van der Waals surface area contributed by atoms with E-state index in [4.69, 9.17) is 5.26 Å². The van der Waals surface area contributed by atoms with Crippen molar-refractivity contribution in [2.45, 2.75) is 0 Å². The van der Waals surface area contributed by atoms with E-state index in [1.165, 1.54) is 0 Å². The Labute approximate surface area is 82.1 Å². The first-order valence-electron chi connectivity index (χ1n) is 4.25. The second-order valence-electron chi connectivity index (χ2n) is 2.95. The smallest absolute Gasteiger partial charge is 0.0998 e. The number of hydrogen-bond donors (Lipinski definition) is 0. The van der Waals surface area contributed by atoms with E-state index < -0.39 is 0 Å². The fraction of sp³-hybridized carbons (Fsp3) is 0. The van der Waals surface area contributed by atoms with Crippen LogP contribution < -0.4 is 0 Å². The van der Waals surface area contributed by atoms with Gasteiger partial charge in [0.1, 0.15) is 0 Å². The van der Waals surface area contributed by atoms with Gasteiger partial charge in [-0.1, -0.05) is 24.3 Å². The molecule has 2 heteroatoms. The van der Waals surface area contributed by atoms with Crippen molar-refractivity contribution in [3.63, 3.8) is 0 Å². The topological polar surface area (TPSA) is 36.1 Å². The molecule has 0 N–H and O–H groups in total. The molecule has 0 radical (unpaired) electrons. The zero-order valence-corrected chi connectivity index (χ0v) is 7.57. The number of nitriles is 1. The minimum atomic E-state index is 0.644. The molecule has 0 saturated heterocycles. The maximum absolute atomic E-state index is 8.94. The fourth-order valence-corrected chi connectivity index (χ4v) is 1.55. The summed E-state index contributed by atoms with van der Waals surface area (Å²) in [6.07, 6.45) is 0. The summed E-state index contributed by atoms with van der Waals surface area (Å²) < 4.78 is 0. The molecule has 0 amide bonds. The SMILES string of the molecule is C=Nc1cccc2cccc(C#N)c12. The van der Waals surface area contributed by atoms with E-state index >= 15 is 0 Å². The lowest BCUT2D eigenvalue weighted by Gasteiger charge is -2.02. The highest BCUT2D eigenvalue weighted by Gasteiger charge is 2.03. The van der Waals surface area contributed by atoms with Crippen molar-refractivity contribution in [2.24, 2.45) is 4.99 Å². The van der Waals surface area contributed by atoms with Crippen molar-refractivity contribution < 1.29 is 0 Å². The Morgan fingerprint density at radius 2 is 1.86 bits per heavy atom. The van der Waals surface area contributed by atoms with E-state index in [2.05, 4.69) is 17.8 Å². The lowest BCUT2D eigenvalue weighted by Crippen LogP contribution is -1.79. The molecule has 2 aromatic rings. The van der Waals surface area contributed by atoms with Crippen LogP contribution in [0.1, 0.15) is 5.56 Å². The summed E-state index contributed by atoms with van der Waals surface area (Å²) in [4.78, 5) is 3.91. The summed E-state index contributed by atoms with van der Waals surface area (Å²) in [5, 5.41) is 10.8. The third-order valence-electron chi connectivity index (χ3n) is 2.17. The third kappa shape index (κ3) is 1.16. The molecule has 2 nitrogen and oxygen atoms in total. The van der Waals surface area contributed by atoms with Crippen LogP contribution in [0.25, 0.3) is 10.8 Å². The highest BCUT2D eigenvalue weighted by molar-refractivity contribution is 5.97. The van der Waals surface area contributed by atoms with Gasteiger partial charge in [0.05, 0.1) is 17.3 Å². The van der Waals surface area contributed by atoms with Crippen LogP contribution in [0.5, 0.6) is 0 Å². The monoisotopic (exact) mass is 180 g/mol. The summed E-state index contributed by atoms with van der Waals surface area (Å²) in [6, 6.07) is 13.5. The molecule has 0 heterocycles. The van der Waals surface area contributed by atoms with E-state index in [0.29, 0.717) is 5.56 Å². The van der Waals surface area contributed by atoms with Crippen LogP contribution in [0, 0.1) is 11.3 Å². The summed E-state index contributed by atoms with van der Waals surface area (Å²) in [5.41, 5.74) is 1.41. The van der Waals surface area contributed by atoms with Crippen LogP contribution >= 0.6 is 0 Å². The molecule has 0 aromatic heterocycles. The van der Waals surface area contributed by atoms with E-state index in [1.807, 2.05) is 30.3 Å². The largest absolute Gasteiger partial charge is 0.264 e. The van der Waals surface area contributed by atoms with Crippen molar-refractivity contribution in [2.75, 3.05) is 0 Å². The van der Waals surface area contributed by atoms with Crippen molar-refractivity contribution in [3.05, 3.63) is 42.0 Å². The fourth-order valence-electron chi connectivity index (χ4n) is 1.55. The Balaban J connectivity index is 2.97. The lowest BCUT2D eigenvalue weighted by atomic mass is 10.0. The normalized spacial score (nSPS) is 9.64. The third-order valence-corrected chi connectivity index (χ3v) is 2.17. The van der Waals surface area contributed by atoms with Gasteiger partial charge in [-0.3, -0.25) is 4.99 Å². The van der Waals surface area contributed by atoms with Crippen molar-refractivity contribution in [1.29, 1.82) is 5.26 Å². The molecule has 2 rings (SSSR count). The molecule has 0 unspecified atom stereocenters. The number of rotatable bonds is 1. The van der Waals surface area contributed by atoms with Crippen LogP contribution in [-0.2, 0) is 0 Å². The number of benzene rings is 2. The number of fused-ring (bicyclic) bond motifs is 1. The first-order chi connectivity index (χ1) is 6.86. The number of nitrogens with zero attached hydrogens (tertiary/aromatic N) is 2. The van der Waals surface area contributed by atoms with Crippen LogP contribution in [0.3, 0.4) is 0 Å². The van der Waals surface area contributed by atoms with Gasteiger partial charge in [0, 0.05) is 5.39 Å². The van der Waals surface area contributed by atoms with Gasteiger partial charge in [0.25, 0.3) is 0 Å². The summed E-state index contributed by atoms with van der Waals surface area (Å²) >= 11 is 0. The highest BCUT2D eigenvalue weighted by Crippen LogP contribution is 2.28. The molecular formula is C12H8N2. The van der Waals surface area contributed by atoms with Crippen molar-refractivity contribution >= 4 is 23.2 Å². The molecule has 2 aromatic carbocycles. The molecule has 0 aliphatic carbocycles. The molecule has 0 atom stereocenters. The summed E-state index contributed by atoms with van der Waals surface area (Å²) in [7, 11) is 0. The van der Waals surface area contributed by atoms with Crippen molar-refractivity contribution in [1.82, 2.24) is 0 Å². The van der Waals surface area contributed by atoms with Gasteiger partial charge >= 0.3 is 0 Å². The summed E-state index contributed by atoms with van der Waals surface area (Å²) in [5.74, 6) is 0. The standard InChI is InChI=1S/C12H8N2/c1-14-11-7-3-5-9-4-2-6-10(8-13)12(9)11/h2-7H,1H2. The maximum Gasteiger partial charge on any atom is 0.0998 e. The van der Waals surface area contributed by atoms with Crippen LogP contribution in [0.15, 0.2) is 41.4 Å². The van der Waals surface area contributed by atoms with Crippen LogP contribution in [-0.4, -0.2) is 6.72 Å². The lowest BCUT2D eigenvalue weighted by molar-refractivity contribution is 1.50. The molecule has 14 heavy (non-hydrogen) atoms. The molecule has 0 aliphatic heterocycles. The Morgan fingerprint density at radius 1 is 1.14 bits per heavy atom. The number of aliphatic imine (C=N–C) groups is 1. The van der Waals surface area contributed by atoms with Gasteiger partial charge in [-0.05, 0) is 24.2 Å². The Morgan fingerprint density at radius 3 is 2.50 bits per heavy atom. The van der Waals surface area contributed by atoms with Gasteiger partial charge in [-0.15, -0.1) is 0 Å². The van der Waals surface area contributed by atoms with E-state index in [9.17, 15) is 0 Å². The Kier molecular flexibility index (Phi) is 2.00. The molecule has 0 spiro atoms.